The molecule has 0 spiro atoms. The number of nitrogens with two attached hydrogens (primary N) is 1. The van der Waals surface area contributed by atoms with Gasteiger partial charge in [-0.3, -0.25) is 9.69 Å². The number of ether oxygens (including phenoxy) is 2. The fourth-order valence-electron chi connectivity index (χ4n) is 4.40. The number of methoxy groups -OCH3 is 1. The van der Waals surface area contributed by atoms with Crippen molar-refractivity contribution in [2.24, 2.45) is 10.7 Å². The number of hydrogen-bond donors (Lipinski definition) is 2. The van der Waals surface area contributed by atoms with Crippen molar-refractivity contribution < 1.29 is 14.3 Å². The van der Waals surface area contributed by atoms with Gasteiger partial charge in [0.1, 0.15) is 5.75 Å². The summed E-state index contributed by atoms with van der Waals surface area (Å²) in [5.74, 6) is 0.660. The second kappa shape index (κ2) is 9.30. The van der Waals surface area contributed by atoms with E-state index in [9.17, 15) is 4.79 Å². The van der Waals surface area contributed by atoms with Crippen molar-refractivity contribution in [3.05, 3.63) is 52.5 Å². The first-order valence-corrected chi connectivity index (χ1v) is 11.1. The molecule has 2 heterocycles. The minimum Gasteiger partial charge on any atom is -0.495 e. The Morgan fingerprint density at radius 2 is 2.06 bits per heavy atom. The molecule has 2 aliphatic rings. The van der Waals surface area contributed by atoms with E-state index in [2.05, 4.69) is 11.4 Å². The molecule has 0 radical (unpaired) electrons. The minimum atomic E-state index is -0.896. The molecule has 0 aliphatic carbocycles. The second-order valence-corrected chi connectivity index (χ2v) is 8.72. The van der Waals surface area contributed by atoms with Crippen molar-refractivity contribution in [3.63, 3.8) is 0 Å². The molecule has 0 bridgehead atoms. The Balaban J connectivity index is 1.65. The van der Waals surface area contributed by atoms with Gasteiger partial charge in [0.05, 0.1) is 47.1 Å². The van der Waals surface area contributed by atoms with Crippen molar-refractivity contribution in [1.29, 1.82) is 5.26 Å². The fourth-order valence-corrected chi connectivity index (χ4v) is 4.77. The van der Waals surface area contributed by atoms with Crippen LogP contribution in [0.1, 0.15) is 37.3 Å². The third kappa shape index (κ3) is 4.47. The molecule has 8 nitrogen and oxygen atoms in total. The van der Waals surface area contributed by atoms with Crippen LogP contribution in [-0.4, -0.2) is 43.1 Å². The van der Waals surface area contributed by atoms with Gasteiger partial charge in [-0.05, 0) is 38.0 Å². The molecule has 9 heteroatoms. The lowest BCUT2D eigenvalue weighted by molar-refractivity contribution is -0.132. The van der Waals surface area contributed by atoms with E-state index in [-0.39, 0.29) is 24.3 Å². The summed E-state index contributed by atoms with van der Waals surface area (Å²) >= 11 is 6.81. The van der Waals surface area contributed by atoms with Crippen LogP contribution in [0.3, 0.4) is 0 Å². The zero-order chi connectivity index (χ0) is 23.6. The number of carbonyl (C=O) groups is 1. The van der Waals surface area contributed by atoms with Gasteiger partial charge in [-0.2, -0.15) is 5.26 Å². The number of nitriles is 1. The maximum Gasteiger partial charge on any atom is 0.232 e. The molecule has 172 valence electrons. The summed E-state index contributed by atoms with van der Waals surface area (Å²) in [4.78, 5) is 19.5. The molecule has 4 rings (SSSR count). The molecule has 1 atom stereocenters. The minimum absolute atomic E-state index is 0.00636. The van der Waals surface area contributed by atoms with E-state index < -0.39 is 5.54 Å². The quantitative estimate of drug-likeness (QED) is 0.689. The number of amides is 1. The number of rotatable bonds is 5. The van der Waals surface area contributed by atoms with E-state index >= 15 is 0 Å². The zero-order valence-corrected chi connectivity index (χ0v) is 19.4. The number of benzene rings is 2. The highest BCUT2D eigenvalue weighted by Gasteiger charge is 2.41. The van der Waals surface area contributed by atoms with Gasteiger partial charge in [-0.1, -0.05) is 23.7 Å². The average molecular weight is 468 g/mol. The van der Waals surface area contributed by atoms with Crippen LogP contribution >= 0.6 is 11.6 Å². The molecule has 33 heavy (non-hydrogen) atoms. The van der Waals surface area contributed by atoms with Crippen LogP contribution in [-0.2, 0) is 15.1 Å². The van der Waals surface area contributed by atoms with E-state index in [0.29, 0.717) is 46.5 Å². The first-order chi connectivity index (χ1) is 15.9. The van der Waals surface area contributed by atoms with Gasteiger partial charge in [0.15, 0.2) is 5.96 Å². The molecule has 0 aromatic heterocycles. The summed E-state index contributed by atoms with van der Waals surface area (Å²) in [6.45, 7) is 3.08. The number of halogens is 1. The van der Waals surface area contributed by atoms with Crippen LogP contribution in [0.5, 0.6) is 5.75 Å². The Kier molecular flexibility index (Phi) is 6.45. The van der Waals surface area contributed by atoms with E-state index in [1.54, 1.807) is 23.1 Å². The van der Waals surface area contributed by atoms with Crippen LogP contribution in [0, 0.1) is 11.3 Å². The summed E-state index contributed by atoms with van der Waals surface area (Å²) < 4.78 is 10.8. The van der Waals surface area contributed by atoms with Gasteiger partial charge < -0.3 is 20.5 Å². The van der Waals surface area contributed by atoms with E-state index in [1.165, 1.54) is 7.11 Å². The van der Waals surface area contributed by atoms with Crippen LogP contribution < -0.4 is 15.8 Å². The predicted octanol–water partition coefficient (Wildman–Crippen LogP) is 3.91. The number of hydrogen-bond acceptors (Lipinski definition) is 7. The highest BCUT2D eigenvalue weighted by Crippen LogP contribution is 2.42. The van der Waals surface area contributed by atoms with Crippen molar-refractivity contribution in [3.8, 4) is 11.8 Å². The first kappa shape index (κ1) is 22.9. The zero-order valence-electron chi connectivity index (χ0n) is 18.6. The summed E-state index contributed by atoms with van der Waals surface area (Å²) in [5, 5.41) is 12.8. The lowest BCUT2D eigenvalue weighted by atomic mass is 9.86. The lowest BCUT2D eigenvalue weighted by Gasteiger charge is -2.40. The van der Waals surface area contributed by atoms with Gasteiger partial charge in [0.2, 0.25) is 5.91 Å². The fraction of sp³-hybridized carbons (Fsp3) is 0.375. The summed E-state index contributed by atoms with van der Waals surface area (Å²) in [6.07, 6.45) is 1.64. The predicted molar refractivity (Wildman–Crippen MR) is 127 cm³/mol. The van der Waals surface area contributed by atoms with Crippen LogP contribution in [0.4, 0.5) is 11.4 Å². The number of guanidine groups is 1. The van der Waals surface area contributed by atoms with Crippen molar-refractivity contribution in [2.45, 2.75) is 37.8 Å². The van der Waals surface area contributed by atoms with Gasteiger partial charge in [0.25, 0.3) is 0 Å². The molecule has 1 saturated heterocycles. The average Bonchev–Trinajstić information content (AvgIpc) is 2.80. The number of carbonyl (C=O) groups excluding carboxylic acids is 1. The Bertz CT molecular complexity index is 1140. The molecule has 3 N–H and O–H groups in total. The van der Waals surface area contributed by atoms with Crippen molar-refractivity contribution in [2.75, 3.05) is 25.6 Å². The highest BCUT2D eigenvalue weighted by molar-refractivity contribution is 6.34. The molecular formula is C24H26ClN5O3. The highest BCUT2D eigenvalue weighted by atomic mass is 35.5. The normalized spacial score (nSPS) is 21.3. The summed E-state index contributed by atoms with van der Waals surface area (Å²) in [7, 11) is 1.54. The number of nitrogens with one attached hydrogen (secondary N) is 1. The Morgan fingerprint density at radius 3 is 2.73 bits per heavy atom. The van der Waals surface area contributed by atoms with Gasteiger partial charge in [0, 0.05) is 30.9 Å². The Hall–Kier alpha value is -3.28. The van der Waals surface area contributed by atoms with E-state index in [0.717, 1.165) is 12.8 Å². The molecule has 1 amide bonds. The summed E-state index contributed by atoms with van der Waals surface area (Å²) in [6, 6.07) is 12.7. The number of aliphatic imine (C=N–C) groups is 1. The maximum atomic E-state index is 13.1. The van der Waals surface area contributed by atoms with Crippen LogP contribution in [0.15, 0.2) is 41.4 Å². The lowest BCUT2D eigenvalue weighted by Crippen LogP contribution is -2.55. The standard InChI is InChI=1S/C24H26ClN5O3/c1-24(13-21(31)30(23(27)29-24)16-8-10-33-11-9-16)17-4-3-5-19(22(17)25)28-18-7-6-15(14-26)12-20(18)32-2/h3-7,12,16,28H,8-11,13H2,1-2H3,(H2,27,29)/t24-/m0/s1. The summed E-state index contributed by atoms with van der Waals surface area (Å²) in [5.41, 5.74) is 7.89. The Morgan fingerprint density at radius 1 is 1.30 bits per heavy atom. The number of nitrogens with zero attached hydrogens (tertiary/aromatic N) is 3. The molecule has 0 unspecified atom stereocenters. The van der Waals surface area contributed by atoms with E-state index in [4.69, 9.17) is 37.1 Å². The second-order valence-electron chi connectivity index (χ2n) is 8.35. The monoisotopic (exact) mass is 467 g/mol. The SMILES string of the molecule is COc1cc(C#N)ccc1Nc1cccc([C@]2(C)CC(=O)N(C3CCOCC3)C(N)=N2)c1Cl. The molecule has 2 aliphatic heterocycles. The van der Waals surface area contributed by atoms with Crippen molar-refractivity contribution in [1.82, 2.24) is 4.90 Å². The third-order valence-corrected chi connectivity index (χ3v) is 6.51. The van der Waals surface area contributed by atoms with Gasteiger partial charge in [-0.15, -0.1) is 0 Å². The van der Waals surface area contributed by atoms with Crippen LogP contribution in [0.2, 0.25) is 5.02 Å². The Labute approximate surface area is 197 Å². The first-order valence-electron chi connectivity index (χ1n) is 10.8. The largest absolute Gasteiger partial charge is 0.495 e. The maximum absolute atomic E-state index is 13.1. The van der Waals surface area contributed by atoms with E-state index in [1.807, 2.05) is 25.1 Å². The van der Waals surface area contributed by atoms with Crippen molar-refractivity contribution >= 4 is 34.8 Å². The molecular weight excluding hydrogens is 442 g/mol. The topological polar surface area (TPSA) is 113 Å². The molecule has 2 aromatic carbocycles. The molecule has 2 aromatic rings. The number of anilines is 2. The molecule has 1 fully saturated rings. The third-order valence-electron chi connectivity index (χ3n) is 6.11. The molecule has 0 saturated carbocycles. The smallest absolute Gasteiger partial charge is 0.232 e. The van der Waals surface area contributed by atoms with Gasteiger partial charge in [-0.25, -0.2) is 4.99 Å². The van der Waals surface area contributed by atoms with Crippen LogP contribution in [0.25, 0.3) is 0 Å². The van der Waals surface area contributed by atoms with Gasteiger partial charge >= 0.3 is 0 Å².